The Morgan fingerprint density at radius 1 is 1.14 bits per heavy atom. The summed E-state index contributed by atoms with van der Waals surface area (Å²) in [4.78, 5) is 38.3. The fourth-order valence-corrected chi connectivity index (χ4v) is 3.27. The van der Waals surface area contributed by atoms with Crippen molar-refractivity contribution >= 4 is 29.2 Å². The SMILES string of the molecule is COC(=O)c1cccc(NC(=O)C2CC(=O)N(c3ccc4c(c3)OCO4)C2)c1. The van der Waals surface area contributed by atoms with Crippen LogP contribution in [0.15, 0.2) is 42.5 Å². The van der Waals surface area contributed by atoms with E-state index in [4.69, 9.17) is 9.47 Å². The molecule has 2 aromatic rings. The Hall–Kier alpha value is -3.55. The number of carbonyl (C=O) groups is 3. The highest BCUT2D eigenvalue weighted by Crippen LogP contribution is 2.37. The van der Waals surface area contributed by atoms with Crippen LogP contribution in [0.1, 0.15) is 16.8 Å². The van der Waals surface area contributed by atoms with Gasteiger partial charge in [-0.2, -0.15) is 0 Å². The van der Waals surface area contributed by atoms with E-state index < -0.39 is 11.9 Å². The van der Waals surface area contributed by atoms with Gasteiger partial charge in [0.25, 0.3) is 0 Å². The molecule has 1 unspecified atom stereocenters. The molecule has 0 aliphatic carbocycles. The third-order valence-electron chi connectivity index (χ3n) is 4.71. The number of anilines is 2. The van der Waals surface area contributed by atoms with Crippen LogP contribution in [0.2, 0.25) is 0 Å². The van der Waals surface area contributed by atoms with E-state index in [0.29, 0.717) is 28.4 Å². The van der Waals surface area contributed by atoms with Gasteiger partial charge >= 0.3 is 5.97 Å². The van der Waals surface area contributed by atoms with Crippen molar-refractivity contribution in [3.8, 4) is 11.5 Å². The summed E-state index contributed by atoms with van der Waals surface area (Å²) in [6.45, 7) is 0.420. The molecule has 1 N–H and O–H groups in total. The van der Waals surface area contributed by atoms with Gasteiger partial charge in [-0.3, -0.25) is 9.59 Å². The van der Waals surface area contributed by atoms with Gasteiger partial charge in [-0.25, -0.2) is 4.79 Å². The third kappa shape index (κ3) is 3.36. The van der Waals surface area contributed by atoms with Crippen molar-refractivity contribution in [1.29, 1.82) is 0 Å². The van der Waals surface area contributed by atoms with Crippen molar-refractivity contribution in [3.05, 3.63) is 48.0 Å². The molecule has 0 radical (unpaired) electrons. The first kappa shape index (κ1) is 17.8. The molecule has 2 amide bonds. The molecule has 4 rings (SSSR count). The molecule has 0 saturated carbocycles. The maximum atomic E-state index is 12.6. The van der Waals surface area contributed by atoms with Gasteiger partial charge in [-0.15, -0.1) is 0 Å². The van der Waals surface area contributed by atoms with Gasteiger partial charge in [0, 0.05) is 30.4 Å². The highest BCUT2D eigenvalue weighted by Gasteiger charge is 2.35. The molecule has 2 aliphatic heterocycles. The summed E-state index contributed by atoms with van der Waals surface area (Å²) >= 11 is 0. The van der Waals surface area contributed by atoms with Crippen molar-refractivity contribution in [2.45, 2.75) is 6.42 Å². The molecule has 2 aliphatic rings. The molecule has 0 bridgehead atoms. The standard InChI is InChI=1S/C20H18N2O6/c1-26-20(25)12-3-2-4-14(7-12)21-19(24)13-8-18(23)22(10-13)15-5-6-16-17(9-15)28-11-27-16/h2-7,9,13H,8,10-11H2,1H3,(H,21,24). The van der Waals surface area contributed by atoms with E-state index in [9.17, 15) is 14.4 Å². The minimum Gasteiger partial charge on any atom is -0.465 e. The van der Waals surface area contributed by atoms with Gasteiger partial charge in [-0.1, -0.05) is 6.07 Å². The summed E-state index contributed by atoms with van der Waals surface area (Å²) in [5.74, 6) is -0.185. The third-order valence-corrected chi connectivity index (χ3v) is 4.71. The van der Waals surface area contributed by atoms with Crippen LogP contribution in [0, 0.1) is 5.92 Å². The summed E-state index contributed by atoms with van der Waals surface area (Å²) in [5.41, 5.74) is 1.48. The number of rotatable bonds is 4. The average molecular weight is 382 g/mol. The summed E-state index contributed by atoms with van der Waals surface area (Å²) in [6, 6.07) is 11.7. The van der Waals surface area contributed by atoms with E-state index in [2.05, 4.69) is 10.1 Å². The molecule has 0 aromatic heterocycles. The molecule has 1 atom stereocenters. The molecule has 8 heteroatoms. The smallest absolute Gasteiger partial charge is 0.337 e. The number of methoxy groups -OCH3 is 1. The number of nitrogens with zero attached hydrogens (tertiary/aromatic N) is 1. The van der Waals surface area contributed by atoms with Crippen LogP contribution in [0.25, 0.3) is 0 Å². The molecule has 8 nitrogen and oxygen atoms in total. The number of nitrogens with one attached hydrogen (secondary N) is 1. The topological polar surface area (TPSA) is 94.2 Å². The average Bonchev–Trinajstić information content (AvgIpc) is 3.33. The lowest BCUT2D eigenvalue weighted by Gasteiger charge is -2.17. The summed E-state index contributed by atoms with van der Waals surface area (Å²) in [6.07, 6.45) is 0.108. The summed E-state index contributed by atoms with van der Waals surface area (Å²) < 4.78 is 15.3. The highest BCUT2D eigenvalue weighted by atomic mass is 16.7. The second kappa shape index (κ2) is 7.22. The zero-order valence-corrected chi connectivity index (χ0v) is 15.1. The number of carbonyl (C=O) groups excluding carboxylic acids is 3. The molecule has 1 fully saturated rings. The Morgan fingerprint density at radius 2 is 1.96 bits per heavy atom. The van der Waals surface area contributed by atoms with Crippen LogP contribution in [-0.2, 0) is 14.3 Å². The molecular weight excluding hydrogens is 364 g/mol. The van der Waals surface area contributed by atoms with Crippen molar-refractivity contribution in [2.75, 3.05) is 30.7 Å². The first-order valence-corrected chi connectivity index (χ1v) is 8.74. The van der Waals surface area contributed by atoms with Gasteiger partial charge in [0.1, 0.15) is 0 Å². The normalized spacial score (nSPS) is 17.5. The van der Waals surface area contributed by atoms with Crippen molar-refractivity contribution in [2.24, 2.45) is 5.92 Å². The number of benzene rings is 2. The molecule has 2 aromatic carbocycles. The number of ether oxygens (including phenoxy) is 3. The van der Waals surface area contributed by atoms with E-state index in [1.807, 2.05) is 0 Å². The Balaban J connectivity index is 1.45. The fraction of sp³-hybridized carbons (Fsp3) is 0.250. The van der Waals surface area contributed by atoms with E-state index >= 15 is 0 Å². The fourth-order valence-electron chi connectivity index (χ4n) is 3.27. The van der Waals surface area contributed by atoms with Crippen LogP contribution >= 0.6 is 0 Å². The largest absolute Gasteiger partial charge is 0.465 e. The quantitative estimate of drug-likeness (QED) is 0.815. The molecular formula is C20H18N2O6. The van der Waals surface area contributed by atoms with Gasteiger partial charge in [0.15, 0.2) is 11.5 Å². The Kier molecular flexibility index (Phi) is 4.60. The Bertz CT molecular complexity index is 957. The van der Waals surface area contributed by atoms with Gasteiger partial charge in [0.05, 0.1) is 18.6 Å². The first-order chi connectivity index (χ1) is 13.5. The predicted octanol–water partition coefficient (Wildman–Crippen LogP) is 2.19. The van der Waals surface area contributed by atoms with Gasteiger partial charge < -0.3 is 24.4 Å². The van der Waals surface area contributed by atoms with E-state index in [-0.39, 0.29) is 31.6 Å². The van der Waals surface area contributed by atoms with Gasteiger partial charge in [-0.05, 0) is 30.3 Å². The highest BCUT2D eigenvalue weighted by molar-refractivity contribution is 6.04. The molecule has 0 spiro atoms. The number of hydrogen-bond acceptors (Lipinski definition) is 6. The van der Waals surface area contributed by atoms with Crippen LogP contribution in [0.5, 0.6) is 11.5 Å². The second-order valence-corrected chi connectivity index (χ2v) is 6.50. The lowest BCUT2D eigenvalue weighted by Crippen LogP contribution is -2.28. The van der Waals surface area contributed by atoms with Crippen LogP contribution in [0.3, 0.4) is 0 Å². The second-order valence-electron chi connectivity index (χ2n) is 6.50. The van der Waals surface area contributed by atoms with Gasteiger partial charge in [0.2, 0.25) is 18.6 Å². The van der Waals surface area contributed by atoms with E-state index in [1.54, 1.807) is 41.3 Å². The number of esters is 1. The van der Waals surface area contributed by atoms with E-state index in [1.165, 1.54) is 13.2 Å². The number of amides is 2. The van der Waals surface area contributed by atoms with Crippen LogP contribution in [-0.4, -0.2) is 38.2 Å². The molecule has 144 valence electrons. The summed E-state index contributed by atoms with van der Waals surface area (Å²) in [5, 5.41) is 2.77. The van der Waals surface area contributed by atoms with Crippen molar-refractivity contribution in [3.63, 3.8) is 0 Å². The minimum atomic E-state index is -0.500. The predicted molar refractivity (Wildman–Crippen MR) is 99.4 cm³/mol. The van der Waals surface area contributed by atoms with E-state index in [0.717, 1.165) is 0 Å². The maximum Gasteiger partial charge on any atom is 0.337 e. The lowest BCUT2D eigenvalue weighted by molar-refractivity contribution is -0.122. The van der Waals surface area contributed by atoms with Crippen LogP contribution in [0.4, 0.5) is 11.4 Å². The molecule has 28 heavy (non-hydrogen) atoms. The zero-order valence-electron chi connectivity index (χ0n) is 15.1. The monoisotopic (exact) mass is 382 g/mol. The van der Waals surface area contributed by atoms with Crippen molar-refractivity contribution in [1.82, 2.24) is 0 Å². The first-order valence-electron chi connectivity index (χ1n) is 8.74. The lowest BCUT2D eigenvalue weighted by atomic mass is 10.1. The van der Waals surface area contributed by atoms with Crippen molar-refractivity contribution < 1.29 is 28.6 Å². The molecule has 1 saturated heterocycles. The number of fused-ring (bicyclic) bond motifs is 1. The zero-order chi connectivity index (χ0) is 19.7. The molecule has 2 heterocycles. The Morgan fingerprint density at radius 3 is 2.79 bits per heavy atom. The maximum absolute atomic E-state index is 12.6. The minimum absolute atomic E-state index is 0.108. The number of hydrogen-bond donors (Lipinski definition) is 1. The van der Waals surface area contributed by atoms with Crippen LogP contribution < -0.4 is 19.7 Å². The summed E-state index contributed by atoms with van der Waals surface area (Å²) in [7, 11) is 1.29. The Labute approximate surface area is 161 Å².